The van der Waals surface area contributed by atoms with E-state index in [1.165, 1.54) is 6.07 Å². The summed E-state index contributed by atoms with van der Waals surface area (Å²) in [7, 11) is 0. The van der Waals surface area contributed by atoms with Crippen molar-refractivity contribution < 1.29 is 4.39 Å². The van der Waals surface area contributed by atoms with Crippen LogP contribution in [0.4, 0.5) is 4.39 Å². The summed E-state index contributed by atoms with van der Waals surface area (Å²) in [6.07, 6.45) is 0.718. The summed E-state index contributed by atoms with van der Waals surface area (Å²) in [5.41, 5.74) is 0.798. The molecule has 3 heteroatoms. The predicted octanol–water partition coefficient (Wildman–Crippen LogP) is 4.49. The molecule has 1 rings (SSSR count). The monoisotopic (exact) mass is 262 g/mol. The third-order valence-corrected chi connectivity index (χ3v) is 4.27. The van der Waals surface area contributed by atoms with Crippen LogP contribution in [0.3, 0.4) is 0 Å². The zero-order valence-electron chi connectivity index (χ0n) is 9.64. The zero-order chi connectivity index (χ0) is 12.2. The highest BCUT2D eigenvalue weighted by molar-refractivity contribution is 6.21. The van der Waals surface area contributed by atoms with Crippen molar-refractivity contribution in [3.05, 3.63) is 35.6 Å². The lowest BCUT2D eigenvalue weighted by Gasteiger charge is -2.34. The average molecular weight is 263 g/mol. The van der Waals surface area contributed by atoms with Crippen molar-refractivity contribution in [3.8, 4) is 0 Å². The highest BCUT2D eigenvalue weighted by Crippen LogP contribution is 2.34. The number of hydrogen-bond donors (Lipinski definition) is 0. The Morgan fingerprint density at radius 2 is 1.88 bits per heavy atom. The summed E-state index contributed by atoms with van der Waals surface area (Å²) in [5.74, 6) is 1.14. The van der Waals surface area contributed by atoms with Crippen molar-refractivity contribution in [1.29, 1.82) is 0 Å². The molecular weight excluding hydrogens is 246 g/mol. The minimum atomic E-state index is -0.209. The number of halogens is 3. The molecule has 0 aliphatic heterocycles. The highest BCUT2D eigenvalue weighted by Gasteiger charge is 2.32. The van der Waals surface area contributed by atoms with Crippen molar-refractivity contribution in [2.45, 2.75) is 20.3 Å². The van der Waals surface area contributed by atoms with Crippen LogP contribution in [0.5, 0.6) is 0 Å². The molecule has 0 radical (unpaired) electrons. The van der Waals surface area contributed by atoms with Crippen LogP contribution < -0.4 is 0 Å². The lowest BCUT2D eigenvalue weighted by molar-refractivity contribution is 0.258. The lowest BCUT2D eigenvalue weighted by Crippen LogP contribution is -2.34. The first-order valence-electron chi connectivity index (χ1n) is 5.40. The maximum absolute atomic E-state index is 13.1. The molecule has 0 spiro atoms. The van der Waals surface area contributed by atoms with Crippen molar-refractivity contribution >= 4 is 23.2 Å². The Morgan fingerprint density at radius 3 is 2.31 bits per heavy atom. The van der Waals surface area contributed by atoms with Crippen LogP contribution >= 0.6 is 23.2 Å². The molecule has 0 aliphatic rings. The van der Waals surface area contributed by atoms with Gasteiger partial charge in [-0.25, -0.2) is 4.39 Å². The van der Waals surface area contributed by atoms with Gasteiger partial charge in [-0.1, -0.05) is 26.0 Å². The average Bonchev–Trinajstić information content (AvgIpc) is 2.25. The molecule has 0 saturated carbocycles. The molecule has 0 nitrogen and oxygen atoms in total. The molecule has 16 heavy (non-hydrogen) atoms. The third kappa shape index (κ3) is 3.11. The van der Waals surface area contributed by atoms with Crippen molar-refractivity contribution in [2.75, 3.05) is 11.8 Å². The summed E-state index contributed by atoms with van der Waals surface area (Å²) >= 11 is 12.1. The van der Waals surface area contributed by atoms with Gasteiger partial charge >= 0.3 is 0 Å². The summed E-state index contributed by atoms with van der Waals surface area (Å²) < 4.78 is 13.1. The molecule has 0 saturated heterocycles. The normalized spacial score (nSPS) is 12.1. The molecule has 0 amide bonds. The topological polar surface area (TPSA) is 0 Å². The van der Waals surface area contributed by atoms with E-state index < -0.39 is 0 Å². The second-order valence-electron chi connectivity index (χ2n) is 4.59. The minimum Gasteiger partial charge on any atom is -0.207 e. The molecule has 0 unspecified atom stereocenters. The van der Waals surface area contributed by atoms with Gasteiger partial charge in [0, 0.05) is 17.2 Å². The van der Waals surface area contributed by atoms with E-state index in [0.717, 1.165) is 12.0 Å². The molecule has 0 bridgehead atoms. The fourth-order valence-corrected chi connectivity index (χ4v) is 2.79. The van der Waals surface area contributed by atoms with Gasteiger partial charge in [-0.05, 0) is 30.0 Å². The second kappa shape index (κ2) is 5.88. The summed E-state index contributed by atoms with van der Waals surface area (Å²) in [6.45, 7) is 4.20. The molecule has 0 fully saturated rings. The summed E-state index contributed by atoms with van der Waals surface area (Å²) in [4.78, 5) is 0. The standard InChI is InChI=1S/C13H17Cl2F/c1-10(2)13(8-14,9-15)7-11-4-3-5-12(16)6-11/h3-6,10H,7-9H2,1-2H3. The van der Waals surface area contributed by atoms with E-state index in [1.807, 2.05) is 6.07 Å². The molecular formula is C13H17Cl2F. The first-order chi connectivity index (χ1) is 7.54. The maximum atomic E-state index is 13.1. The lowest BCUT2D eigenvalue weighted by atomic mass is 9.76. The summed E-state index contributed by atoms with van der Waals surface area (Å²) in [6, 6.07) is 6.63. The Morgan fingerprint density at radius 1 is 1.25 bits per heavy atom. The van der Waals surface area contributed by atoms with Crippen LogP contribution in [-0.2, 0) is 6.42 Å². The van der Waals surface area contributed by atoms with Gasteiger partial charge < -0.3 is 0 Å². The van der Waals surface area contributed by atoms with Crippen molar-refractivity contribution in [3.63, 3.8) is 0 Å². The number of hydrogen-bond acceptors (Lipinski definition) is 0. The van der Waals surface area contributed by atoms with E-state index in [-0.39, 0.29) is 11.2 Å². The molecule has 1 aromatic carbocycles. The Labute approximate surface area is 107 Å². The van der Waals surface area contributed by atoms with Gasteiger partial charge in [0.1, 0.15) is 5.82 Å². The quantitative estimate of drug-likeness (QED) is 0.687. The van der Waals surface area contributed by atoms with Gasteiger partial charge in [0.2, 0.25) is 0 Å². The van der Waals surface area contributed by atoms with Crippen LogP contribution in [0.15, 0.2) is 24.3 Å². The molecule has 1 aromatic rings. The largest absolute Gasteiger partial charge is 0.207 e. The predicted molar refractivity (Wildman–Crippen MR) is 68.8 cm³/mol. The van der Waals surface area contributed by atoms with Gasteiger partial charge in [-0.3, -0.25) is 0 Å². The van der Waals surface area contributed by atoms with Crippen molar-refractivity contribution in [2.24, 2.45) is 11.3 Å². The fourth-order valence-electron chi connectivity index (χ4n) is 1.70. The van der Waals surface area contributed by atoms with E-state index in [4.69, 9.17) is 23.2 Å². The van der Waals surface area contributed by atoms with Crippen LogP contribution in [0.1, 0.15) is 19.4 Å². The smallest absolute Gasteiger partial charge is 0.123 e. The van der Waals surface area contributed by atoms with Gasteiger partial charge in [-0.15, -0.1) is 23.2 Å². The molecule has 0 aliphatic carbocycles. The van der Waals surface area contributed by atoms with E-state index in [9.17, 15) is 4.39 Å². The minimum absolute atomic E-state index is 0.156. The molecule has 90 valence electrons. The summed E-state index contributed by atoms with van der Waals surface area (Å²) in [5, 5.41) is 0. The van der Waals surface area contributed by atoms with Gasteiger partial charge in [0.15, 0.2) is 0 Å². The Hall–Kier alpha value is -0.270. The number of rotatable bonds is 5. The van der Waals surface area contributed by atoms with E-state index in [2.05, 4.69) is 13.8 Å². The fraction of sp³-hybridized carbons (Fsp3) is 0.538. The van der Waals surface area contributed by atoms with Crippen molar-refractivity contribution in [1.82, 2.24) is 0 Å². The SMILES string of the molecule is CC(C)C(CCl)(CCl)Cc1cccc(F)c1. The first-order valence-corrected chi connectivity index (χ1v) is 6.47. The van der Waals surface area contributed by atoms with E-state index in [1.54, 1.807) is 12.1 Å². The Bertz CT molecular complexity index is 332. The first kappa shape index (κ1) is 13.8. The van der Waals surface area contributed by atoms with Gasteiger partial charge in [-0.2, -0.15) is 0 Å². The van der Waals surface area contributed by atoms with Gasteiger partial charge in [0.05, 0.1) is 0 Å². The van der Waals surface area contributed by atoms with Crippen LogP contribution in [0.25, 0.3) is 0 Å². The Kier molecular flexibility index (Phi) is 5.07. The highest BCUT2D eigenvalue weighted by atomic mass is 35.5. The zero-order valence-corrected chi connectivity index (χ0v) is 11.2. The second-order valence-corrected chi connectivity index (χ2v) is 5.13. The molecule has 0 heterocycles. The number of alkyl halides is 2. The molecule has 0 atom stereocenters. The molecule has 0 N–H and O–H groups in total. The van der Waals surface area contributed by atoms with E-state index >= 15 is 0 Å². The van der Waals surface area contributed by atoms with Crippen LogP contribution in [-0.4, -0.2) is 11.8 Å². The maximum Gasteiger partial charge on any atom is 0.123 e. The van der Waals surface area contributed by atoms with Gasteiger partial charge in [0.25, 0.3) is 0 Å². The molecule has 0 aromatic heterocycles. The Balaban J connectivity index is 2.91. The van der Waals surface area contributed by atoms with E-state index in [0.29, 0.717) is 17.7 Å². The number of benzene rings is 1. The van der Waals surface area contributed by atoms with Crippen LogP contribution in [0, 0.1) is 17.2 Å². The van der Waals surface area contributed by atoms with Crippen LogP contribution in [0.2, 0.25) is 0 Å². The third-order valence-electron chi connectivity index (χ3n) is 3.20.